The summed E-state index contributed by atoms with van der Waals surface area (Å²) in [5.74, 6) is -0.369. The van der Waals surface area contributed by atoms with Crippen molar-refractivity contribution in [1.82, 2.24) is 14.3 Å². The smallest absolute Gasteiger partial charge is 0.255 e. The predicted octanol–water partition coefficient (Wildman–Crippen LogP) is 2.34. The minimum absolute atomic E-state index is 0.0474. The second-order valence-electron chi connectivity index (χ2n) is 5.66. The van der Waals surface area contributed by atoms with Gasteiger partial charge < -0.3 is 9.88 Å². The topological polar surface area (TPSA) is 93.1 Å². The van der Waals surface area contributed by atoms with Crippen molar-refractivity contribution in [2.45, 2.75) is 11.8 Å². The lowest BCUT2D eigenvalue weighted by atomic mass is 10.1. The summed E-state index contributed by atoms with van der Waals surface area (Å²) < 4.78 is 28.0. The van der Waals surface area contributed by atoms with E-state index in [0.717, 1.165) is 5.69 Å². The third-order valence-electron chi connectivity index (χ3n) is 3.96. The fourth-order valence-electron chi connectivity index (χ4n) is 2.46. The maximum Gasteiger partial charge on any atom is 0.255 e. The van der Waals surface area contributed by atoms with Gasteiger partial charge in [0.15, 0.2) is 0 Å². The third kappa shape index (κ3) is 3.66. The van der Waals surface area contributed by atoms with Crippen molar-refractivity contribution in [2.24, 2.45) is 0 Å². The van der Waals surface area contributed by atoms with E-state index in [4.69, 9.17) is 0 Å². The summed E-state index contributed by atoms with van der Waals surface area (Å²) in [6.45, 7) is 1.76. The average Bonchev–Trinajstić information content (AvgIpc) is 3.17. The Balaban J connectivity index is 1.83. The van der Waals surface area contributed by atoms with Crippen molar-refractivity contribution in [1.29, 1.82) is 0 Å². The number of nitrogens with zero attached hydrogens (tertiary/aromatic N) is 2. The van der Waals surface area contributed by atoms with Gasteiger partial charge in [-0.3, -0.25) is 4.79 Å². The molecule has 0 bridgehead atoms. The zero-order chi connectivity index (χ0) is 18.7. The summed E-state index contributed by atoms with van der Waals surface area (Å²) in [5, 5.41) is 2.79. The molecule has 3 rings (SSSR count). The number of carbonyl (C=O) groups excluding carboxylic acids is 1. The molecule has 26 heavy (non-hydrogen) atoms. The Bertz CT molecular complexity index is 1030. The summed E-state index contributed by atoms with van der Waals surface area (Å²) >= 11 is 0. The van der Waals surface area contributed by atoms with Gasteiger partial charge in [-0.2, -0.15) is 0 Å². The molecule has 3 aromatic rings. The first-order valence-corrected chi connectivity index (χ1v) is 9.33. The molecule has 1 heterocycles. The van der Waals surface area contributed by atoms with Crippen molar-refractivity contribution in [3.63, 3.8) is 0 Å². The lowest BCUT2D eigenvalue weighted by Gasteiger charge is -2.11. The van der Waals surface area contributed by atoms with Gasteiger partial charge in [0.1, 0.15) is 0 Å². The molecule has 2 N–H and O–H groups in total. The molecule has 0 spiro atoms. The van der Waals surface area contributed by atoms with Crippen LogP contribution in [-0.2, 0) is 10.0 Å². The molecule has 0 saturated heterocycles. The van der Waals surface area contributed by atoms with Gasteiger partial charge in [-0.1, -0.05) is 6.07 Å². The van der Waals surface area contributed by atoms with Crippen LogP contribution in [0.1, 0.15) is 15.9 Å². The van der Waals surface area contributed by atoms with Crippen LogP contribution in [0.15, 0.2) is 66.1 Å². The summed E-state index contributed by atoms with van der Waals surface area (Å²) in [7, 11) is -2.28. The highest BCUT2D eigenvalue weighted by Gasteiger charge is 2.16. The van der Waals surface area contributed by atoms with Crippen LogP contribution in [0.3, 0.4) is 0 Å². The summed E-state index contributed by atoms with van der Waals surface area (Å²) in [6.07, 6.45) is 5.19. The van der Waals surface area contributed by atoms with Gasteiger partial charge in [0.25, 0.3) is 5.91 Å². The van der Waals surface area contributed by atoms with E-state index in [1.54, 1.807) is 37.6 Å². The number of sulfonamides is 1. The first kappa shape index (κ1) is 17.8. The van der Waals surface area contributed by atoms with Gasteiger partial charge in [-0.25, -0.2) is 18.1 Å². The zero-order valence-electron chi connectivity index (χ0n) is 14.3. The number of aryl methyl sites for hydroxylation is 1. The lowest BCUT2D eigenvalue weighted by Crippen LogP contribution is -2.20. The minimum Gasteiger partial charge on any atom is -0.322 e. The number of carbonyl (C=O) groups is 1. The van der Waals surface area contributed by atoms with E-state index in [-0.39, 0.29) is 10.8 Å². The van der Waals surface area contributed by atoms with E-state index in [0.29, 0.717) is 16.8 Å². The first-order chi connectivity index (χ1) is 12.4. The average molecular weight is 370 g/mol. The highest BCUT2D eigenvalue weighted by molar-refractivity contribution is 7.89. The van der Waals surface area contributed by atoms with E-state index in [1.165, 1.54) is 19.2 Å². The van der Waals surface area contributed by atoms with Crippen molar-refractivity contribution in [3.05, 3.63) is 72.3 Å². The molecule has 7 nitrogen and oxygen atoms in total. The third-order valence-corrected chi connectivity index (χ3v) is 5.37. The number of imidazole rings is 1. The number of amides is 1. The number of rotatable bonds is 5. The molecule has 0 aliphatic rings. The minimum atomic E-state index is -3.61. The van der Waals surface area contributed by atoms with Crippen LogP contribution >= 0.6 is 0 Å². The Hall–Kier alpha value is -2.97. The number of nitrogens with one attached hydrogen (secondary N) is 2. The largest absolute Gasteiger partial charge is 0.322 e. The molecule has 2 aromatic carbocycles. The quantitative estimate of drug-likeness (QED) is 0.721. The normalized spacial score (nSPS) is 11.3. The van der Waals surface area contributed by atoms with Crippen molar-refractivity contribution >= 4 is 21.6 Å². The van der Waals surface area contributed by atoms with Gasteiger partial charge >= 0.3 is 0 Å². The molecule has 0 radical (unpaired) electrons. The highest BCUT2D eigenvalue weighted by Crippen LogP contribution is 2.18. The molecule has 1 amide bonds. The van der Waals surface area contributed by atoms with E-state index in [9.17, 15) is 13.2 Å². The molecule has 0 aliphatic heterocycles. The van der Waals surface area contributed by atoms with Gasteiger partial charge in [0, 0.05) is 29.3 Å². The predicted molar refractivity (Wildman–Crippen MR) is 98.9 cm³/mol. The SMILES string of the molecule is CNS(=O)(=O)c1ccc(C)c(C(=O)Nc2ccc(-n3ccnc3)cc2)c1. The van der Waals surface area contributed by atoms with E-state index in [2.05, 4.69) is 15.0 Å². The Labute approximate surface area is 151 Å². The highest BCUT2D eigenvalue weighted by atomic mass is 32.2. The Morgan fingerprint density at radius 3 is 2.46 bits per heavy atom. The molecule has 0 atom stereocenters. The van der Waals surface area contributed by atoms with E-state index >= 15 is 0 Å². The van der Waals surface area contributed by atoms with Gasteiger partial charge in [0.05, 0.1) is 11.2 Å². The molecule has 134 valence electrons. The molecular weight excluding hydrogens is 352 g/mol. The molecule has 1 aromatic heterocycles. The fraction of sp³-hybridized carbons (Fsp3) is 0.111. The monoisotopic (exact) mass is 370 g/mol. The van der Waals surface area contributed by atoms with Crippen LogP contribution in [-0.4, -0.2) is 30.9 Å². The van der Waals surface area contributed by atoms with Crippen LogP contribution in [0.4, 0.5) is 5.69 Å². The summed E-state index contributed by atoms with van der Waals surface area (Å²) in [5.41, 5.74) is 2.52. The Morgan fingerprint density at radius 2 is 1.85 bits per heavy atom. The van der Waals surface area contributed by atoms with Crippen LogP contribution in [0.25, 0.3) is 5.69 Å². The number of hydrogen-bond acceptors (Lipinski definition) is 4. The fourth-order valence-corrected chi connectivity index (χ4v) is 3.21. The molecule has 0 saturated carbocycles. The van der Waals surface area contributed by atoms with Crippen LogP contribution < -0.4 is 10.0 Å². The number of benzene rings is 2. The summed E-state index contributed by atoms with van der Waals surface area (Å²) in [6, 6.07) is 11.7. The molecule has 0 fully saturated rings. The van der Waals surface area contributed by atoms with Crippen molar-refractivity contribution in [2.75, 3.05) is 12.4 Å². The van der Waals surface area contributed by atoms with Crippen LogP contribution in [0.5, 0.6) is 0 Å². The van der Waals surface area contributed by atoms with E-state index < -0.39 is 10.0 Å². The summed E-state index contributed by atoms with van der Waals surface area (Å²) in [4.78, 5) is 16.6. The Morgan fingerprint density at radius 1 is 1.12 bits per heavy atom. The lowest BCUT2D eigenvalue weighted by molar-refractivity contribution is 0.102. The maximum atomic E-state index is 12.6. The second-order valence-corrected chi connectivity index (χ2v) is 7.54. The molecule has 0 aliphatic carbocycles. The second kappa shape index (κ2) is 7.11. The number of anilines is 1. The van der Waals surface area contributed by atoms with Gasteiger partial charge in [-0.05, 0) is 55.9 Å². The molecule has 8 heteroatoms. The molecule has 0 unspecified atom stereocenters. The van der Waals surface area contributed by atoms with Crippen molar-refractivity contribution < 1.29 is 13.2 Å². The van der Waals surface area contributed by atoms with Crippen molar-refractivity contribution in [3.8, 4) is 5.69 Å². The number of hydrogen-bond donors (Lipinski definition) is 2. The maximum absolute atomic E-state index is 12.6. The van der Waals surface area contributed by atoms with Gasteiger partial charge in [0.2, 0.25) is 10.0 Å². The standard InChI is InChI=1S/C18H18N4O3S/c1-13-3-8-16(26(24,25)19-2)11-17(13)18(23)21-14-4-6-15(7-5-14)22-10-9-20-12-22/h3-12,19H,1-2H3,(H,21,23). The number of aromatic nitrogens is 2. The Kier molecular flexibility index (Phi) is 4.88. The zero-order valence-corrected chi connectivity index (χ0v) is 15.1. The van der Waals surface area contributed by atoms with E-state index in [1.807, 2.05) is 22.9 Å². The molecular formula is C18H18N4O3S. The van der Waals surface area contributed by atoms with Crippen LogP contribution in [0.2, 0.25) is 0 Å². The van der Waals surface area contributed by atoms with Gasteiger partial charge in [-0.15, -0.1) is 0 Å². The van der Waals surface area contributed by atoms with Crippen LogP contribution in [0, 0.1) is 6.92 Å². The first-order valence-electron chi connectivity index (χ1n) is 7.84.